The van der Waals surface area contributed by atoms with Gasteiger partial charge in [-0.05, 0) is 50.0 Å². The molecule has 5 nitrogen and oxygen atoms in total. The minimum Gasteiger partial charge on any atom is -0.496 e. The number of hydrogen-bond donors (Lipinski definition) is 1. The van der Waals surface area contributed by atoms with Crippen molar-refractivity contribution in [1.29, 1.82) is 0 Å². The van der Waals surface area contributed by atoms with Crippen LogP contribution in [0.4, 0.5) is 0 Å². The Balaban J connectivity index is 2.10. The molecule has 5 heteroatoms. The monoisotopic (exact) mass is 320 g/mol. The Morgan fingerprint density at radius 3 is 2.57 bits per heavy atom. The maximum absolute atomic E-state index is 13.0. The van der Waals surface area contributed by atoms with Crippen LogP contribution in [0.1, 0.15) is 24.0 Å². The molecule has 1 N–H and O–H groups in total. The highest BCUT2D eigenvalue weighted by molar-refractivity contribution is 5.83. The average molecular weight is 320 g/mol. The number of amides is 1. The van der Waals surface area contributed by atoms with Gasteiger partial charge >= 0.3 is 0 Å². The molecule has 1 fully saturated rings. The van der Waals surface area contributed by atoms with Crippen molar-refractivity contribution in [3.63, 3.8) is 0 Å². The highest BCUT2D eigenvalue weighted by Gasteiger charge is 2.41. The molecule has 0 unspecified atom stereocenters. The fourth-order valence-corrected chi connectivity index (χ4v) is 3.39. The Labute approximate surface area is 139 Å². The summed E-state index contributed by atoms with van der Waals surface area (Å²) in [6, 6.07) is 6.05. The van der Waals surface area contributed by atoms with Gasteiger partial charge in [-0.15, -0.1) is 0 Å². The Morgan fingerprint density at radius 1 is 1.30 bits per heavy atom. The van der Waals surface area contributed by atoms with E-state index in [0.717, 1.165) is 42.8 Å². The molecule has 23 heavy (non-hydrogen) atoms. The van der Waals surface area contributed by atoms with Gasteiger partial charge in [-0.2, -0.15) is 0 Å². The third-order valence-electron chi connectivity index (χ3n) is 4.66. The molecule has 0 radical (unpaired) electrons. The minimum atomic E-state index is -0.393. The molecule has 1 heterocycles. The van der Waals surface area contributed by atoms with Gasteiger partial charge in [0.2, 0.25) is 5.91 Å². The summed E-state index contributed by atoms with van der Waals surface area (Å²) in [5.74, 6) is 1.05. The zero-order chi connectivity index (χ0) is 16.9. The SMILES string of the molecule is COCC1(C(=O)N(C)Cc2ccc(OC)c(C)c2)CCNCC1. The molecule has 1 amide bonds. The van der Waals surface area contributed by atoms with E-state index in [4.69, 9.17) is 9.47 Å². The van der Waals surface area contributed by atoms with Gasteiger partial charge in [-0.1, -0.05) is 12.1 Å². The second-order valence-corrected chi connectivity index (χ2v) is 6.43. The molecule has 1 aliphatic heterocycles. The Bertz CT molecular complexity index is 534. The summed E-state index contributed by atoms with van der Waals surface area (Å²) in [5, 5.41) is 3.32. The van der Waals surface area contributed by atoms with E-state index in [1.54, 1.807) is 14.2 Å². The van der Waals surface area contributed by atoms with Gasteiger partial charge in [0.05, 0.1) is 19.1 Å². The summed E-state index contributed by atoms with van der Waals surface area (Å²) in [6.07, 6.45) is 1.65. The molecular formula is C18H28N2O3. The van der Waals surface area contributed by atoms with Gasteiger partial charge < -0.3 is 19.7 Å². The number of nitrogens with zero attached hydrogens (tertiary/aromatic N) is 1. The Hall–Kier alpha value is -1.59. The van der Waals surface area contributed by atoms with Crippen molar-refractivity contribution in [2.75, 3.05) is 41.0 Å². The molecule has 0 atom stereocenters. The predicted molar refractivity (Wildman–Crippen MR) is 90.6 cm³/mol. The molecule has 0 spiro atoms. The van der Waals surface area contributed by atoms with Crippen molar-refractivity contribution < 1.29 is 14.3 Å². The van der Waals surface area contributed by atoms with Gasteiger partial charge in [-0.3, -0.25) is 4.79 Å². The molecule has 0 aliphatic carbocycles. The second-order valence-electron chi connectivity index (χ2n) is 6.43. The number of piperidine rings is 1. The first-order chi connectivity index (χ1) is 11.0. The van der Waals surface area contributed by atoms with Crippen molar-refractivity contribution in [1.82, 2.24) is 10.2 Å². The maximum Gasteiger partial charge on any atom is 0.231 e. The lowest BCUT2D eigenvalue weighted by atomic mass is 9.78. The molecule has 1 saturated heterocycles. The summed E-state index contributed by atoms with van der Waals surface area (Å²) in [6.45, 7) is 4.83. The van der Waals surface area contributed by atoms with Crippen molar-refractivity contribution in [2.45, 2.75) is 26.3 Å². The van der Waals surface area contributed by atoms with E-state index >= 15 is 0 Å². The van der Waals surface area contributed by atoms with E-state index in [-0.39, 0.29) is 5.91 Å². The number of ether oxygens (including phenoxy) is 2. The lowest BCUT2D eigenvalue weighted by Gasteiger charge is -2.38. The minimum absolute atomic E-state index is 0.175. The summed E-state index contributed by atoms with van der Waals surface area (Å²) in [4.78, 5) is 14.8. The van der Waals surface area contributed by atoms with Crippen LogP contribution in [-0.2, 0) is 16.1 Å². The largest absolute Gasteiger partial charge is 0.496 e. The number of aryl methyl sites for hydroxylation is 1. The lowest BCUT2D eigenvalue weighted by molar-refractivity contribution is -0.146. The fourth-order valence-electron chi connectivity index (χ4n) is 3.39. The predicted octanol–water partition coefficient (Wildman–Crippen LogP) is 1.98. The quantitative estimate of drug-likeness (QED) is 0.871. The van der Waals surface area contributed by atoms with E-state index in [1.165, 1.54) is 0 Å². The zero-order valence-corrected chi connectivity index (χ0v) is 14.6. The fraction of sp³-hybridized carbons (Fsp3) is 0.611. The van der Waals surface area contributed by atoms with E-state index < -0.39 is 5.41 Å². The van der Waals surface area contributed by atoms with Crippen molar-refractivity contribution in [3.8, 4) is 5.75 Å². The number of carbonyl (C=O) groups excluding carboxylic acids is 1. The first-order valence-corrected chi connectivity index (χ1v) is 8.11. The van der Waals surface area contributed by atoms with Crippen molar-refractivity contribution in [3.05, 3.63) is 29.3 Å². The molecule has 128 valence electrons. The number of benzene rings is 1. The Kier molecular flexibility index (Phi) is 6.02. The van der Waals surface area contributed by atoms with Crippen molar-refractivity contribution in [2.24, 2.45) is 5.41 Å². The highest BCUT2D eigenvalue weighted by Crippen LogP contribution is 2.32. The zero-order valence-electron chi connectivity index (χ0n) is 14.6. The van der Waals surface area contributed by atoms with Gasteiger partial charge in [0.1, 0.15) is 5.75 Å². The topological polar surface area (TPSA) is 50.8 Å². The molecule has 1 aromatic rings. The maximum atomic E-state index is 13.0. The number of hydrogen-bond acceptors (Lipinski definition) is 4. The third-order valence-corrected chi connectivity index (χ3v) is 4.66. The number of nitrogens with one attached hydrogen (secondary N) is 1. The van der Waals surface area contributed by atoms with E-state index in [1.807, 2.05) is 31.0 Å². The Morgan fingerprint density at radius 2 is 2.00 bits per heavy atom. The number of carbonyl (C=O) groups is 1. The number of methoxy groups -OCH3 is 2. The summed E-state index contributed by atoms with van der Waals surface area (Å²) in [5.41, 5.74) is 1.80. The second kappa shape index (κ2) is 7.79. The molecule has 1 aliphatic rings. The van der Waals surface area contributed by atoms with E-state index in [0.29, 0.717) is 13.2 Å². The average Bonchev–Trinajstić information content (AvgIpc) is 2.55. The molecule has 2 rings (SSSR count). The standard InChI is InChI=1S/C18H28N2O3/c1-14-11-15(5-6-16(14)23-4)12-20(2)17(21)18(13-22-3)7-9-19-10-8-18/h5-6,11,19H,7-10,12-13H2,1-4H3. The van der Waals surface area contributed by atoms with Gasteiger partial charge in [0.25, 0.3) is 0 Å². The van der Waals surface area contributed by atoms with Crippen LogP contribution in [0, 0.1) is 12.3 Å². The first kappa shape index (κ1) is 17.8. The van der Waals surface area contributed by atoms with E-state index in [9.17, 15) is 4.79 Å². The van der Waals surface area contributed by atoms with Crippen LogP contribution >= 0.6 is 0 Å². The van der Waals surface area contributed by atoms with Crippen LogP contribution < -0.4 is 10.1 Å². The first-order valence-electron chi connectivity index (χ1n) is 8.11. The molecule has 0 aromatic heterocycles. The van der Waals surface area contributed by atoms with Crippen LogP contribution in [0.5, 0.6) is 5.75 Å². The highest BCUT2D eigenvalue weighted by atomic mass is 16.5. The lowest BCUT2D eigenvalue weighted by Crippen LogP contribution is -2.50. The smallest absolute Gasteiger partial charge is 0.231 e. The summed E-state index contributed by atoms with van der Waals surface area (Å²) < 4.78 is 10.7. The molecule has 1 aromatic carbocycles. The van der Waals surface area contributed by atoms with Crippen LogP contribution in [-0.4, -0.2) is 51.8 Å². The van der Waals surface area contributed by atoms with Crippen LogP contribution in [0.3, 0.4) is 0 Å². The normalized spacial score (nSPS) is 16.9. The summed E-state index contributed by atoms with van der Waals surface area (Å²) >= 11 is 0. The van der Waals surface area contributed by atoms with Gasteiger partial charge in [0.15, 0.2) is 0 Å². The van der Waals surface area contributed by atoms with Crippen LogP contribution in [0.25, 0.3) is 0 Å². The van der Waals surface area contributed by atoms with Gasteiger partial charge in [-0.25, -0.2) is 0 Å². The van der Waals surface area contributed by atoms with Crippen molar-refractivity contribution >= 4 is 5.91 Å². The molecule has 0 bridgehead atoms. The third kappa shape index (κ3) is 4.03. The van der Waals surface area contributed by atoms with Crippen LogP contribution in [0.2, 0.25) is 0 Å². The molecular weight excluding hydrogens is 292 g/mol. The molecule has 0 saturated carbocycles. The van der Waals surface area contributed by atoms with Crippen LogP contribution in [0.15, 0.2) is 18.2 Å². The number of rotatable bonds is 6. The van der Waals surface area contributed by atoms with E-state index in [2.05, 4.69) is 11.4 Å². The van der Waals surface area contributed by atoms with Gasteiger partial charge in [0, 0.05) is 20.7 Å². The summed E-state index contributed by atoms with van der Waals surface area (Å²) in [7, 11) is 5.22.